The first-order chi connectivity index (χ1) is 10.1. The van der Waals surface area contributed by atoms with E-state index in [4.69, 9.17) is 10.5 Å². The van der Waals surface area contributed by atoms with Gasteiger partial charge in [0.1, 0.15) is 5.75 Å². The van der Waals surface area contributed by atoms with Crippen LogP contribution < -0.4 is 15.8 Å². The molecule has 0 aliphatic heterocycles. The van der Waals surface area contributed by atoms with Crippen LogP contribution in [0, 0.1) is 19.8 Å². The molecule has 1 aromatic carbocycles. The van der Waals surface area contributed by atoms with Crippen LogP contribution in [0.5, 0.6) is 5.75 Å². The molecule has 0 spiro atoms. The highest BCUT2D eigenvalue weighted by molar-refractivity contribution is 5.85. The lowest BCUT2D eigenvalue weighted by Crippen LogP contribution is -2.46. The summed E-state index contributed by atoms with van der Waals surface area (Å²) in [4.78, 5) is 12.0. The number of rotatable bonds is 5. The van der Waals surface area contributed by atoms with Crippen LogP contribution in [0.3, 0.4) is 0 Å². The molecular formula is C17H27ClN2O2. The molecule has 4 nitrogen and oxygen atoms in total. The lowest BCUT2D eigenvalue weighted by molar-refractivity contribution is -0.124. The summed E-state index contributed by atoms with van der Waals surface area (Å²) in [7, 11) is 0. The Morgan fingerprint density at radius 2 is 2.00 bits per heavy atom. The second-order valence-electron chi connectivity index (χ2n) is 5.99. The zero-order valence-electron chi connectivity index (χ0n) is 13.4. The monoisotopic (exact) mass is 326 g/mol. The molecule has 2 atom stereocenters. The lowest BCUT2D eigenvalue weighted by Gasteiger charge is -2.31. The van der Waals surface area contributed by atoms with E-state index in [-0.39, 0.29) is 31.0 Å². The smallest absolute Gasteiger partial charge is 0.258 e. The standard InChI is InChI=1S/C17H26N2O2.ClH/c1-12-7-8-15(9-13(12)2)21-11-17(20)19-16-6-4-3-5-14(16)10-18;/h7-9,14,16H,3-6,10-11,18H2,1-2H3,(H,19,20);1H. The molecule has 1 saturated carbocycles. The van der Waals surface area contributed by atoms with Crippen LogP contribution >= 0.6 is 12.4 Å². The van der Waals surface area contributed by atoms with Crippen molar-refractivity contribution in [2.24, 2.45) is 11.7 Å². The predicted octanol–water partition coefficient (Wildman–Crippen LogP) is 2.74. The van der Waals surface area contributed by atoms with Gasteiger partial charge in [0.15, 0.2) is 6.61 Å². The first-order valence-corrected chi connectivity index (χ1v) is 7.79. The topological polar surface area (TPSA) is 64.3 Å². The molecule has 1 amide bonds. The number of aryl methyl sites for hydroxylation is 2. The van der Waals surface area contributed by atoms with Crippen LogP contribution in [-0.2, 0) is 4.79 Å². The zero-order chi connectivity index (χ0) is 15.2. The normalized spacial score (nSPS) is 20.9. The van der Waals surface area contributed by atoms with Gasteiger partial charge >= 0.3 is 0 Å². The van der Waals surface area contributed by atoms with Crippen molar-refractivity contribution in [3.8, 4) is 5.75 Å². The Labute approximate surface area is 139 Å². The predicted molar refractivity (Wildman–Crippen MR) is 91.6 cm³/mol. The first-order valence-electron chi connectivity index (χ1n) is 7.79. The van der Waals surface area contributed by atoms with Gasteiger partial charge in [0.2, 0.25) is 0 Å². The molecule has 0 aromatic heterocycles. The van der Waals surface area contributed by atoms with Crippen molar-refractivity contribution in [1.82, 2.24) is 5.32 Å². The molecule has 1 fully saturated rings. The average Bonchev–Trinajstić information content (AvgIpc) is 2.49. The van der Waals surface area contributed by atoms with Gasteiger partial charge in [0.25, 0.3) is 5.91 Å². The van der Waals surface area contributed by atoms with E-state index in [0.717, 1.165) is 18.6 Å². The van der Waals surface area contributed by atoms with E-state index < -0.39 is 0 Å². The van der Waals surface area contributed by atoms with Gasteiger partial charge in [-0.25, -0.2) is 0 Å². The van der Waals surface area contributed by atoms with E-state index in [9.17, 15) is 4.79 Å². The number of amides is 1. The Bertz CT molecular complexity index is 494. The quantitative estimate of drug-likeness (QED) is 0.874. The summed E-state index contributed by atoms with van der Waals surface area (Å²) in [5.74, 6) is 1.09. The first kappa shape index (κ1) is 18.8. The van der Waals surface area contributed by atoms with E-state index in [1.165, 1.54) is 24.0 Å². The van der Waals surface area contributed by atoms with Crippen molar-refractivity contribution in [2.45, 2.75) is 45.6 Å². The van der Waals surface area contributed by atoms with Crippen LogP contribution in [0.15, 0.2) is 18.2 Å². The van der Waals surface area contributed by atoms with E-state index >= 15 is 0 Å². The molecule has 0 heterocycles. The van der Waals surface area contributed by atoms with Gasteiger partial charge in [-0.05, 0) is 62.4 Å². The fourth-order valence-electron chi connectivity index (χ4n) is 2.88. The Hall–Kier alpha value is -1.26. The minimum absolute atomic E-state index is 0. The summed E-state index contributed by atoms with van der Waals surface area (Å²) in [5, 5.41) is 3.07. The van der Waals surface area contributed by atoms with Crippen LogP contribution in [0.2, 0.25) is 0 Å². The van der Waals surface area contributed by atoms with Crippen LogP contribution in [-0.4, -0.2) is 25.1 Å². The number of carbonyl (C=O) groups is 1. The Morgan fingerprint density at radius 1 is 1.27 bits per heavy atom. The molecule has 0 radical (unpaired) electrons. The average molecular weight is 327 g/mol. The molecule has 2 rings (SSSR count). The Kier molecular flexibility index (Phi) is 7.69. The number of nitrogens with two attached hydrogens (primary N) is 1. The highest BCUT2D eigenvalue weighted by atomic mass is 35.5. The van der Waals surface area contributed by atoms with Crippen molar-refractivity contribution in [3.05, 3.63) is 29.3 Å². The maximum atomic E-state index is 12.0. The van der Waals surface area contributed by atoms with Crippen LogP contribution in [0.25, 0.3) is 0 Å². The number of ether oxygens (including phenoxy) is 1. The third-order valence-corrected chi connectivity index (χ3v) is 4.41. The number of hydrogen-bond donors (Lipinski definition) is 2. The minimum atomic E-state index is -0.0569. The molecule has 1 aliphatic carbocycles. The molecule has 1 aliphatic rings. The Balaban J connectivity index is 0.00000242. The van der Waals surface area contributed by atoms with Gasteiger partial charge in [-0.3, -0.25) is 4.79 Å². The number of carbonyl (C=O) groups excluding carboxylic acids is 1. The van der Waals surface area contributed by atoms with Gasteiger partial charge in [0, 0.05) is 6.04 Å². The molecular weight excluding hydrogens is 300 g/mol. The van der Waals surface area contributed by atoms with Crippen molar-refractivity contribution in [3.63, 3.8) is 0 Å². The molecule has 0 saturated heterocycles. The molecule has 2 unspecified atom stereocenters. The highest BCUT2D eigenvalue weighted by Crippen LogP contribution is 2.23. The van der Waals surface area contributed by atoms with Gasteiger partial charge in [-0.1, -0.05) is 18.9 Å². The minimum Gasteiger partial charge on any atom is -0.484 e. The molecule has 0 bridgehead atoms. The third kappa shape index (κ3) is 5.18. The van der Waals surface area contributed by atoms with Crippen LogP contribution in [0.1, 0.15) is 36.8 Å². The van der Waals surface area contributed by atoms with Gasteiger partial charge in [0.05, 0.1) is 0 Å². The third-order valence-electron chi connectivity index (χ3n) is 4.41. The lowest BCUT2D eigenvalue weighted by atomic mass is 9.84. The molecule has 1 aromatic rings. The van der Waals surface area contributed by atoms with Crippen molar-refractivity contribution in [2.75, 3.05) is 13.2 Å². The van der Waals surface area contributed by atoms with Gasteiger partial charge in [-0.2, -0.15) is 0 Å². The number of benzene rings is 1. The summed E-state index contributed by atoms with van der Waals surface area (Å²) in [6.45, 7) is 4.80. The largest absolute Gasteiger partial charge is 0.484 e. The molecule has 3 N–H and O–H groups in total. The maximum Gasteiger partial charge on any atom is 0.258 e. The second kappa shape index (κ2) is 9.01. The van der Waals surface area contributed by atoms with E-state index in [2.05, 4.69) is 12.2 Å². The van der Waals surface area contributed by atoms with Gasteiger partial charge < -0.3 is 15.8 Å². The second-order valence-corrected chi connectivity index (χ2v) is 5.99. The van der Waals surface area contributed by atoms with E-state index in [0.29, 0.717) is 12.5 Å². The highest BCUT2D eigenvalue weighted by Gasteiger charge is 2.25. The van der Waals surface area contributed by atoms with E-state index in [1.807, 2.05) is 25.1 Å². The van der Waals surface area contributed by atoms with Crippen molar-refractivity contribution >= 4 is 18.3 Å². The summed E-state index contributed by atoms with van der Waals surface area (Å²) < 4.78 is 5.57. The molecule has 22 heavy (non-hydrogen) atoms. The maximum absolute atomic E-state index is 12.0. The number of halogens is 1. The fraction of sp³-hybridized carbons (Fsp3) is 0.588. The summed E-state index contributed by atoms with van der Waals surface area (Å²) >= 11 is 0. The number of hydrogen-bond acceptors (Lipinski definition) is 3. The van der Waals surface area contributed by atoms with Crippen LogP contribution in [0.4, 0.5) is 0 Å². The van der Waals surface area contributed by atoms with Crippen molar-refractivity contribution < 1.29 is 9.53 Å². The summed E-state index contributed by atoms with van der Waals surface area (Å²) in [5.41, 5.74) is 8.17. The summed E-state index contributed by atoms with van der Waals surface area (Å²) in [6.07, 6.45) is 4.52. The Morgan fingerprint density at radius 3 is 2.68 bits per heavy atom. The van der Waals surface area contributed by atoms with Crippen molar-refractivity contribution in [1.29, 1.82) is 0 Å². The SMILES string of the molecule is Cc1ccc(OCC(=O)NC2CCCCC2CN)cc1C.Cl. The number of nitrogens with one attached hydrogen (secondary N) is 1. The van der Waals surface area contributed by atoms with E-state index in [1.54, 1.807) is 0 Å². The fourth-order valence-corrected chi connectivity index (χ4v) is 2.88. The molecule has 124 valence electrons. The molecule has 5 heteroatoms. The summed E-state index contributed by atoms with van der Waals surface area (Å²) in [6, 6.07) is 6.08. The van der Waals surface area contributed by atoms with Gasteiger partial charge in [-0.15, -0.1) is 12.4 Å². The zero-order valence-corrected chi connectivity index (χ0v) is 14.2.